The first-order valence-electron chi connectivity index (χ1n) is 11.4. The Morgan fingerprint density at radius 1 is 1.03 bits per heavy atom. The number of hydrogen-bond acceptors (Lipinski definition) is 5. The third-order valence-corrected chi connectivity index (χ3v) is 7.00. The molecule has 3 rings (SSSR count). The average Bonchev–Trinajstić information content (AvgIpc) is 2.74. The van der Waals surface area contributed by atoms with Crippen LogP contribution < -0.4 is 9.47 Å². The van der Waals surface area contributed by atoms with Crippen LogP contribution in [0.15, 0.2) is 12.1 Å². The number of carbonyl (C=O) groups excluding carboxylic acids is 1. The van der Waals surface area contributed by atoms with Gasteiger partial charge in [-0.25, -0.2) is 0 Å². The number of amides is 1. The number of piperazine rings is 1. The number of aryl methyl sites for hydroxylation is 1. The Bertz CT molecular complexity index is 721. The summed E-state index contributed by atoms with van der Waals surface area (Å²) in [6.45, 7) is 13.3. The standard InChI is InChI=1S/C24H39N3O3/c1-17-14-22(29-5)23(30-6)15-21(17)16-25-10-12-26(13-11-25)20(4)24(28)27-18(2)8-7-9-19(27)3/h14-15,18-20H,7-13,16H2,1-6H3/t18-,19-,20-/m0/s1. The predicted octanol–water partition coefficient (Wildman–Crippen LogP) is 3.31. The molecule has 2 aliphatic rings. The lowest BCUT2D eigenvalue weighted by molar-refractivity contribution is -0.143. The second-order valence-electron chi connectivity index (χ2n) is 9.00. The molecule has 1 aromatic carbocycles. The minimum atomic E-state index is -0.0435. The number of carbonyl (C=O) groups is 1. The van der Waals surface area contributed by atoms with E-state index in [4.69, 9.17) is 9.47 Å². The molecule has 3 atom stereocenters. The zero-order chi connectivity index (χ0) is 21.8. The Morgan fingerprint density at radius 3 is 2.17 bits per heavy atom. The van der Waals surface area contributed by atoms with Gasteiger partial charge in [0.05, 0.1) is 20.3 Å². The summed E-state index contributed by atoms with van der Waals surface area (Å²) in [5.74, 6) is 1.86. The van der Waals surface area contributed by atoms with Crippen LogP contribution in [0.4, 0.5) is 0 Å². The van der Waals surface area contributed by atoms with Crippen LogP contribution in [-0.2, 0) is 11.3 Å². The minimum Gasteiger partial charge on any atom is -0.493 e. The summed E-state index contributed by atoms with van der Waals surface area (Å²) in [5.41, 5.74) is 2.48. The molecule has 0 aromatic heterocycles. The highest BCUT2D eigenvalue weighted by Gasteiger charge is 2.34. The van der Waals surface area contributed by atoms with Gasteiger partial charge >= 0.3 is 0 Å². The Hall–Kier alpha value is -1.79. The van der Waals surface area contributed by atoms with Crippen molar-refractivity contribution in [2.45, 2.75) is 71.6 Å². The monoisotopic (exact) mass is 417 g/mol. The van der Waals surface area contributed by atoms with Gasteiger partial charge in [0.1, 0.15) is 0 Å². The van der Waals surface area contributed by atoms with Crippen molar-refractivity contribution in [3.05, 3.63) is 23.3 Å². The summed E-state index contributed by atoms with van der Waals surface area (Å²) in [4.78, 5) is 20.2. The maximum Gasteiger partial charge on any atom is 0.240 e. The van der Waals surface area contributed by atoms with E-state index in [2.05, 4.69) is 48.5 Å². The quantitative estimate of drug-likeness (QED) is 0.711. The first-order chi connectivity index (χ1) is 14.3. The SMILES string of the molecule is COc1cc(C)c(CN2CCN([C@@H](C)C(=O)N3[C@@H](C)CCC[C@@H]3C)CC2)cc1OC. The van der Waals surface area contributed by atoms with Crippen molar-refractivity contribution < 1.29 is 14.3 Å². The van der Waals surface area contributed by atoms with E-state index in [0.29, 0.717) is 18.0 Å². The molecule has 0 radical (unpaired) electrons. The maximum atomic E-state index is 13.2. The fourth-order valence-electron chi connectivity index (χ4n) is 4.97. The predicted molar refractivity (Wildman–Crippen MR) is 120 cm³/mol. The van der Waals surface area contributed by atoms with Crippen molar-refractivity contribution in [3.63, 3.8) is 0 Å². The third kappa shape index (κ3) is 4.92. The zero-order valence-corrected chi connectivity index (χ0v) is 19.6. The first kappa shape index (κ1) is 22.9. The van der Waals surface area contributed by atoms with E-state index in [9.17, 15) is 4.79 Å². The fraction of sp³-hybridized carbons (Fsp3) is 0.708. The second-order valence-corrected chi connectivity index (χ2v) is 9.00. The van der Waals surface area contributed by atoms with E-state index in [1.54, 1.807) is 14.2 Å². The van der Waals surface area contributed by atoms with Gasteiger partial charge in [-0.2, -0.15) is 0 Å². The van der Waals surface area contributed by atoms with E-state index in [1.165, 1.54) is 17.5 Å². The lowest BCUT2D eigenvalue weighted by atomic mass is 9.96. The summed E-state index contributed by atoms with van der Waals surface area (Å²) < 4.78 is 10.9. The number of nitrogens with zero attached hydrogens (tertiary/aromatic N) is 3. The Balaban J connectivity index is 1.58. The van der Waals surface area contributed by atoms with Gasteiger partial charge in [0, 0.05) is 44.8 Å². The molecule has 1 aromatic rings. The highest BCUT2D eigenvalue weighted by molar-refractivity contribution is 5.82. The molecule has 0 spiro atoms. The summed E-state index contributed by atoms with van der Waals surface area (Å²) in [6, 6.07) is 4.81. The molecule has 6 heteroatoms. The zero-order valence-electron chi connectivity index (χ0n) is 19.6. The number of benzene rings is 1. The molecular weight excluding hydrogens is 378 g/mol. The van der Waals surface area contributed by atoms with Crippen molar-refractivity contribution in [2.24, 2.45) is 0 Å². The summed E-state index contributed by atoms with van der Waals surface area (Å²) in [6.07, 6.45) is 3.48. The van der Waals surface area contributed by atoms with Gasteiger partial charge in [0.25, 0.3) is 0 Å². The van der Waals surface area contributed by atoms with Crippen LogP contribution in [0.5, 0.6) is 11.5 Å². The molecule has 0 N–H and O–H groups in total. The number of piperidine rings is 1. The lowest BCUT2D eigenvalue weighted by Gasteiger charge is -2.44. The number of methoxy groups -OCH3 is 2. The van der Waals surface area contributed by atoms with Crippen molar-refractivity contribution >= 4 is 5.91 Å². The van der Waals surface area contributed by atoms with Crippen LogP contribution in [0.25, 0.3) is 0 Å². The van der Waals surface area contributed by atoms with Gasteiger partial charge in [-0.1, -0.05) is 0 Å². The maximum absolute atomic E-state index is 13.2. The summed E-state index contributed by atoms with van der Waals surface area (Å²) in [7, 11) is 3.35. The molecule has 0 saturated carbocycles. The van der Waals surface area contributed by atoms with Crippen LogP contribution in [0, 0.1) is 6.92 Å². The molecule has 0 unspecified atom stereocenters. The number of ether oxygens (including phenoxy) is 2. The summed E-state index contributed by atoms with van der Waals surface area (Å²) in [5, 5.41) is 0. The molecule has 2 aliphatic heterocycles. The van der Waals surface area contributed by atoms with E-state index >= 15 is 0 Å². The van der Waals surface area contributed by atoms with Crippen LogP contribution >= 0.6 is 0 Å². The van der Waals surface area contributed by atoms with E-state index in [-0.39, 0.29) is 6.04 Å². The van der Waals surface area contributed by atoms with Gasteiger partial charge < -0.3 is 14.4 Å². The third-order valence-electron chi connectivity index (χ3n) is 7.00. The molecule has 0 aliphatic carbocycles. The molecular formula is C24H39N3O3. The largest absolute Gasteiger partial charge is 0.493 e. The molecule has 6 nitrogen and oxygen atoms in total. The number of hydrogen-bond donors (Lipinski definition) is 0. The Morgan fingerprint density at radius 2 is 1.60 bits per heavy atom. The minimum absolute atomic E-state index is 0.0435. The normalized spacial score (nSPS) is 24.5. The van der Waals surface area contributed by atoms with Gasteiger partial charge in [-0.15, -0.1) is 0 Å². The van der Waals surface area contributed by atoms with Crippen molar-refractivity contribution in [1.29, 1.82) is 0 Å². The Kier molecular flexibility index (Phi) is 7.64. The highest BCUT2D eigenvalue weighted by atomic mass is 16.5. The molecule has 2 saturated heterocycles. The van der Waals surface area contributed by atoms with E-state index < -0.39 is 0 Å². The molecule has 168 valence electrons. The van der Waals surface area contributed by atoms with Crippen LogP contribution in [0.2, 0.25) is 0 Å². The van der Waals surface area contributed by atoms with E-state index in [0.717, 1.165) is 57.1 Å². The van der Waals surface area contributed by atoms with Crippen molar-refractivity contribution in [3.8, 4) is 11.5 Å². The second kappa shape index (κ2) is 10.0. The van der Waals surface area contributed by atoms with Crippen LogP contribution in [0.1, 0.15) is 51.2 Å². The fourth-order valence-corrected chi connectivity index (χ4v) is 4.97. The number of likely N-dealkylation sites (tertiary alicyclic amines) is 1. The smallest absolute Gasteiger partial charge is 0.240 e. The van der Waals surface area contributed by atoms with Gasteiger partial charge in [0.2, 0.25) is 5.91 Å². The van der Waals surface area contributed by atoms with Crippen molar-refractivity contribution in [2.75, 3.05) is 40.4 Å². The van der Waals surface area contributed by atoms with Crippen LogP contribution in [-0.4, -0.2) is 79.1 Å². The molecule has 0 bridgehead atoms. The molecule has 1 amide bonds. The van der Waals surface area contributed by atoms with Crippen LogP contribution in [0.3, 0.4) is 0 Å². The summed E-state index contributed by atoms with van der Waals surface area (Å²) >= 11 is 0. The molecule has 2 heterocycles. The van der Waals surface area contributed by atoms with E-state index in [1.807, 2.05) is 6.07 Å². The topological polar surface area (TPSA) is 45.2 Å². The molecule has 30 heavy (non-hydrogen) atoms. The van der Waals surface area contributed by atoms with Gasteiger partial charge in [-0.3, -0.25) is 14.6 Å². The average molecular weight is 418 g/mol. The lowest BCUT2D eigenvalue weighted by Crippen LogP contribution is -2.58. The van der Waals surface area contributed by atoms with Gasteiger partial charge in [0.15, 0.2) is 11.5 Å². The Labute approximate surface area is 182 Å². The van der Waals surface area contributed by atoms with Gasteiger partial charge in [-0.05, 0) is 70.2 Å². The molecule has 2 fully saturated rings. The van der Waals surface area contributed by atoms with Crippen molar-refractivity contribution in [1.82, 2.24) is 14.7 Å². The first-order valence-corrected chi connectivity index (χ1v) is 11.4. The number of rotatable bonds is 6. The highest BCUT2D eigenvalue weighted by Crippen LogP contribution is 2.31.